The molecule has 2 nitrogen and oxygen atoms in total. The van der Waals surface area contributed by atoms with Crippen LogP contribution in [0, 0.1) is 3.57 Å². The Morgan fingerprint density at radius 2 is 2.00 bits per heavy atom. The van der Waals surface area contributed by atoms with Crippen molar-refractivity contribution in [3.05, 3.63) is 32.4 Å². The molecule has 0 bridgehead atoms. The Bertz CT molecular complexity index is 413. The van der Waals surface area contributed by atoms with Crippen LogP contribution < -0.4 is 0 Å². The second kappa shape index (κ2) is 5.17. The lowest BCUT2D eigenvalue weighted by Gasteiger charge is -2.20. The van der Waals surface area contributed by atoms with Crippen molar-refractivity contribution in [3.63, 3.8) is 0 Å². The molecule has 0 saturated heterocycles. The molecule has 0 radical (unpaired) electrons. The van der Waals surface area contributed by atoms with Gasteiger partial charge in [0.1, 0.15) is 0 Å². The molecule has 3 heteroatoms. The maximum Gasteiger partial charge on any atom is 0.338 e. The number of benzene rings is 1. The van der Waals surface area contributed by atoms with E-state index in [4.69, 9.17) is 4.74 Å². The van der Waals surface area contributed by atoms with E-state index in [-0.39, 0.29) is 5.97 Å². The molecule has 0 heterocycles. The fraction of sp³-hybridized carbons (Fsp3) is 0.462. The van der Waals surface area contributed by atoms with Gasteiger partial charge in [-0.05, 0) is 78.5 Å². The Morgan fingerprint density at radius 3 is 2.69 bits per heavy atom. The first kappa shape index (κ1) is 11.9. The summed E-state index contributed by atoms with van der Waals surface area (Å²) < 4.78 is 6.37. The molecule has 0 amide bonds. The zero-order valence-corrected chi connectivity index (χ0v) is 11.5. The molecular weight excluding hydrogens is 315 g/mol. The lowest BCUT2D eigenvalue weighted by Crippen LogP contribution is -2.14. The van der Waals surface area contributed by atoms with Gasteiger partial charge in [-0.2, -0.15) is 0 Å². The smallest absolute Gasteiger partial charge is 0.338 e. The van der Waals surface area contributed by atoms with Crippen molar-refractivity contribution in [3.8, 4) is 0 Å². The number of carbonyl (C=O) groups is 1. The average molecular weight is 330 g/mol. The average Bonchev–Trinajstić information content (AvgIpc) is 2.30. The molecule has 0 saturated carbocycles. The lowest BCUT2D eigenvalue weighted by atomic mass is 9.88. The van der Waals surface area contributed by atoms with E-state index in [9.17, 15) is 4.79 Å². The Morgan fingerprint density at radius 1 is 1.31 bits per heavy atom. The quantitative estimate of drug-likeness (QED) is 0.614. The van der Waals surface area contributed by atoms with Crippen molar-refractivity contribution in [1.29, 1.82) is 0 Å². The van der Waals surface area contributed by atoms with Crippen LogP contribution in [-0.2, 0) is 17.6 Å². The Balaban J connectivity index is 2.42. The summed E-state index contributed by atoms with van der Waals surface area (Å²) >= 11 is 2.35. The topological polar surface area (TPSA) is 26.3 Å². The summed E-state index contributed by atoms with van der Waals surface area (Å²) in [5, 5.41) is 0. The molecule has 1 aliphatic carbocycles. The summed E-state index contributed by atoms with van der Waals surface area (Å²) in [5.74, 6) is -0.169. The second-order valence-electron chi connectivity index (χ2n) is 3.98. The number of esters is 1. The molecule has 0 spiro atoms. The number of fused-ring (bicyclic) bond motifs is 1. The fourth-order valence-corrected chi connectivity index (χ4v) is 3.00. The second-order valence-corrected chi connectivity index (χ2v) is 5.14. The number of hydrogen-bond acceptors (Lipinski definition) is 2. The zero-order chi connectivity index (χ0) is 11.5. The third kappa shape index (κ3) is 2.24. The number of carbonyl (C=O) groups excluding carboxylic acids is 1. The van der Waals surface area contributed by atoms with Gasteiger partial charge >= 0.3 is 5.97 Å². The van der Waals surface area contributed by atoms with Gasteiger partial charge in [-0.25, -0.2) is 4.79 Å². The highest BCUT2D eigenvalue weighted by Crippen LogP contribution is 2.29. The normalized spacial score (nSPS) is 14.4. The largest absolute Gasteiger partial charge is 0.462 e. The molecule has 0 fully saturated rings. The van der Waals surface area contributed by atoms with Gasteiger partial charge in [0, 0.05) is 3.57 Å². The predicted molar refractivity (Wildman–Crippen MR) is 71.8 cm³/mol. The SMILES string of the molecule is CCOC(=O)c1ccc(I)c2c1CCCC2. The molecular formula is C13H15IO2. The van der Waals surface area contributed by atoms with Crippen LogP contribution in [0.5, 0.6) is 0 Å². The summed E-state index contributed by atoms with van der Waals surface area (Å²) in [5.41, 5.74) is 3.35. The number of hydrogen-bond donors (Lipinski definition) is 0. The van der Waals surface area contributed by atoms with Crippen molar-refractivity contribution in [2.24, 2.45) is 0 Å². The minimum atomic E-state index is -0.169. The highest BCUT2D eigenvalue weighted by molar-refractivity contribution is 14.1. The Labute approximate surface area is 110 Å². The molecule has 86 valence electrons. The van der Waals surface area contributed by atoms with Crippen LogP contribution in [-0.4, -0.2) is 12.6 Å². The van der Waals surface area contributed by atoms with Crippen LogP contribution in [0.3, 0.4) is 0 Å². The van der Waals surface area contributed by atoms with Crippen LogP contribution in [0.4, 0.5) is 0 Å². The van der Waals surface area contributed by atoms with Crippen LogP contribution in [0.2, 0.25) is 0 Å². The Kier molecular flexibility index (Phi) is 3.84. The highest BCUT2D eigenvalue weighted by Gasteiger charge is 2.20. The summed E-state index contributed by atoms with van der Waals surface area (Å²) in [6.07, 6.45) is 4.52. The molecule has 1 aromatic carbocycles. The van der Waals surface area contributed by atoms with Gasteiger partial charge in [0.25, 0.3) is 0 Å². The lowest BCUT2D eigenvalue weighted by molar-refractivity contribution is 0.0524. The van der Waals surface area contributed by atoms with E-state index in [2.05, 4.69) is 22.6 Å². The maximum absolute atomic E-state index is 11.8. The Hall–Kier alpha value is -0.580. The first-order chi connectivity index (χ1) is 7.74. The van der Waals surface area contributed by atoms with E-state index in [0.717, 1.165) is 18.4 Å². The van der Waals surface area contributed by atoms with Gasteiger partial charge in [-0.15, -0.1) is 0 Å². The van der Waals surface area contributed by atoms with Crippen LogP contribution in [0.25, 0.3) is 0 Å². The van der Waals surface area contributed by atoms with Crippen molar-refractivity contribution in [2.45, 2.75) is 32.6 Å². The third-order valence-corrected chi connectivity index (χ3v) is 3.98. The standard InChI is InChI=1S/C13H15IO2/c1-2-16-13(15)11-7-8-12(14)10-6-4-3-5-9(10)11/h7-8H,2-6H2,1H3. The zero-order valence-electron chi connectivity index (χ0n) is 9.38. The van der Waals surface area contributed by atoms with Crippen molar-refractivity contribution >= 4 is 28.6 Å². The summed E-state index contributed by atoms with van der Waals surface area (Å²) in [7, 11) is 0. The van der Waals surface area contributed by atoms with Crippen LogP contribution >= 0.6 is 22.6 Å². The van der Waals surface area contributed by atoms with Crippen molar-refractivity contribution < 1.29 is 9.53 Å². The van der Waals surface area contributed by atoms with E-state index < -0.39 is 0 Å². The minimum absolute atomic E-state index is 0.169. The van der Waals surface area contributed by atoms with E-state index in [0.29, 0.717) is 6.61 Å². The monoisotopic (exact) mass is 330 g/mol. The van der Waals surface area contributed by atoms with Gasteiger partial charge < -0.3 is 4.74 Å². The first-order valence-electron chi connectivity index (χ1n) is 5.71. The molecule has 16 heavy (non-hydrogen) atoms. The van der Waals surface area contributed by atoms with Gasteiger partial charge in [0.15, 0.2) is 0 Å². The number of halogens is 1. The number of rotatable bonds is 2. The number of ether oxygens (including phenoxy) is 1. The van der Waals surface area contributed by atoms with E-state index in [1.807, 2.05) is 19.1 Å². The summed E-state index contributed by atoms with van der Waals surface area (Å²) in [6.45, 7) is 2.29. The van der Waals surface area contributed by atoms with E-state index in [1.54, 1.807) is 0 Å². The first-order valence-corrected chi connectivity index (χ1v) is 6.79. The van der Waals surface area contributed by atoms with Crippen molar-refractivity contribution in [2.75, 3.05) is 6.61 Å². The molecule has 0 aliphatic heterocycles. The van der Waals surface area contributed by atoms with Gasteiger partial charge in [0.2, 0.25) is 0 Å². The van der Waals surface area contributed by atoms with Gasteiger partial charge in [-0.1, -0.05) is 0 Å². The van der Waals surface area contributed by atoms with Crippen LogP contribution in [0.1, 0.15) is 41.3 Å². The maximum atomic E-state index is 11.8. The molecule has 1 aliphatic rings. The third-order valence-electron chi connectivity index (χ3n) is 2.97. The van der Waals surface area contributed by atoms with E-state index >= 15 is 0 Å². The molecule has 2 rings (SSSR count). The van der Waals surface area contributed by atoms with Crippen LogP contribution in [0.15, 0.2) is 12.1 Å². The molecule has 0 unspecified atom stereocenters. The molecule has 0 atom stereocenters. The highest BCUT2D eigenvalue weighted by atomic mass is 127. The van der Waals surface area contributed by atoms with Crippen molar-refractivity contribution in [1.82, 2.24) is 0 Å². The molecule has 0 N–H and O–H groups in total. The summed E-state index contributed by atoms with van der Waals surface area (Å²) in [6, 6.07) is 3.93. The van der Waals surface area contributed by atoms with Gasteiger partial charge in [-0.3, -0.25) is 0 Å². The molecule has 0 aromatic heterocycles. The summed E-state index contributed by atoms with van der Waals surface area (Å²) in [4.78, 5) is 11.8. The minimum Gasteiger partial charge on any atom is -0.462 e. The van der Waals surface area contributed by atoms with Gasteiger partial charge in [0.05, 0.1) is 12.2 Å². The fourth-order valence-electron chi connectivity index (χ4n) is 2.22. The van der Waals surface area contributed by atoms with E-state index in [1.165, 1.54) is 27.5 Å². The molecule has 1 aromatic rings. The predicted octanol–water partition coefficient (Wildman–Crippen LogP) is 3.35.